The Morgan fingerprint density at radius 3 is 2.77 bits per heavy atom. The third kappa shape index (κ3) is 4.62. The van der Waals surface area contributed by atoms with Gasteiger partial charge in [0.05, 0.1) is 23.8 Å². The van der Waals surface area contributed by atoms with Crippen LogP contribution in [0.4, 0.5) is 0 Å². The number of esters is 1. The first-order valence-electron chi connectivity index (χ1n) is 8.86. The fourth-order valence-corrected chi connectivity index (χ4v) is 3.69. The number of hydrogen-bond donors (Lipinski definition) is 0. The van der Waals surface area contributed by atoms with Gasteiger partial charge in [-0.15, -0.1) is 0 Å². The number of rotatable bonds is 6. The van der Waals surface area contributed by atoms with E-state index in [-0.39, 0.29) is 5.97 Å². The van der Waals surface area contributed by atoms with Gasteiger partial charge in [0.25, 0.3) is 0 Å². The minimum atomic E-state index is -0.337. The van der Waals surface area contributed by atoms with Gasteiger partial charge in [-0.25, -0.2) is 4.79 Å². The summed E-state index contributed by atoms with van der Waals surface area (Å²) < 4.78 is 7.69. The van der Waals surface area contributed by atoms with Gasteiger partial charge in [0.2, 0.25) is 0 Å². The van der Waals surface area contributed by atoms with E-state index < -0.39 is 0 Å². The average Bonchev–Trinajstić information content (AvgIpc) is 3.24. The molecule has 1 unspecified atom stereocenters. The zero-order valence-electron chi connectivity index (χ0n) is 15.2. The van der Waals surface area contributed by atoms with Crippen molar-refractivity contribution in [3.05, 3.63) is 57.8 Å². The van der Waals surface area contributed by atoms with E-state index in [9.17, 15) is 4.79 Å². The number of aryl methyl sites for hydroxylation is 1. The summed E-state index contributed by atoms with van der Waals surface area (Å²) in [4.78, 5) is 13.7. The lowest BCUT2D eigenvalue weighted by atomic mass is 10.0. The minimum Gasteiger partial charge on any atom is -0.466 e. The maximum atomic E-state index is 11.2. The van der Waals surface area contributed by atoms with Gasteiger partial charge < -0.3 is 4.74 Å². The van der Waals surface area contributed by atoms with Crippen molar-refractivity contribution in [2.24, 2.45) is 0 Å². The van der Waals surface area contributed by atoms with Gasteiger partial charge in [-0.2, -0.15) is 5.10 Å². The lowest BCUT2D eigenvalue weighted by Crippen LogP contribution is -2.27. The van der Waals surface area contributed by atoms with Gasteiger partial charge in [-0.05, 0) is 59.4 Å². The van der Waals surface area contributed by atoms with Crippen LogP contribution in [0.1, 0.15) is 35.7 Å². The number of benzene rings is 1. The summed E-state index contributed by atoms with van der Waals surface area (Å²) in [7, 11) is 1.38. The van der Waals surface area contributed by atoms with Gasteiger partial charge in [0.1, 0.15) is 0 Å². The second-order valence-corrected chi connectivity index (χ2v) is 7.40. The zero-order chi connectivity index (χ0) is 18.5. The van der Waals surface area contributed by atoms with E-state index in [1.165, 1.54) is 31.6 Å². The summed E-state index contributed by atoms with van der Waals surface area (Å²) in [5.74, 6) is -0.337. The molecule has 1 aromatic carbocycles. The molecule has 0 bridgehead atoms. The minimum absolute atomic E-state index is 0.337. The Morgan fingerprint density at radius 1 is 1.35 bits per heavy atom. The van der Waals surface area contributed by atoms with E-state index in [1.807, 2.05) is 17.8 Å². The highest BCUT2D eigenvalue weighted by Gasteiger charge is 2.25. The third-order valence-electron chi connectivity index (χ3n) is 4.80. The van der Waals surface area contributed by atoms with Crippen LogP contribution in [-0.4, -0.2) is 40.8 Å². The summed E-state index contributed by atoms with van der Waals surface area (Å²) >= 11 is 3.52. The average molecular weight is 418 g/mol. The first-order chi connectivity index (χ1) is 12.6. The van der Waals surface area contributed by atoms with Crippen LogP contribution >= 0.6 is 15.9 Å². The molecule has 1 fully saturated rings. The number of methoxy groups -OCH3 is 1. The number of halogens is 1. The molecule has 0 aliphatic carbocycles. The van der Waals surface area contributed by atoms with E-state index in [0.717, 1.165) is 35.4 Å². The Kier molecular flexibility index (Phi) is 6.27. The van der Waals surface area contributed by atoms with Gasteiger partial charge in [-0.3, -0.25) is 9.58 Å². The summed E-state index contributed by atoms with van der Waals surface area (Å²) in [6.45, 7) is 5.01. The summed E-state index contributed by atoms with van der Waals surface area (Å²) in [5, 5.41) is 4.52. The summed E-state index contributed by atoms with van der Waals surface area (Å²) in [6, 6.07) is 8.88. The lowest BCUT2D eigenvalue weighted by molar-refractivity contribution is -0.134. The number of carbonyl (C=O) groups is 1. The Labute approximate surface area is 162 Å². The highest BCUT2D eigenvalue weighted by molar-refractivity contribution is 9.10. The fraction of sp³-hybridized carbons (Fsp3) is 0.400. The van der Waals surface area contributed by atoms with E-state index in [2.05, 4.69) is 54.9 Å². The molecule has 1 aromatic heterocycles. The Morgan fingerprint density at radius 2 is 2.12 bits per heavy atom. The van der Waals surface area contributed by atoms with Crippen molar-refractivity contribution >= 4 is 28.0 Å². The molecule has 5 nitrogen and oxygen atoms in total. The molecule has 138 valence electrons. The quantitative estimate of drug-likeness (QED) is 0.526. The zero-order valence-corrected chi connectivity index (χ0v) is 16.8. The van der Waals surface area contributed by atoms with Crippen molar-refractivity contribution in [2.75, 3.05) is 20.2 Å². The fourth-order valence-electron chi connectivity index (χ4n) is 3.37. The molecule has 26 heavy (non-hydrogen) atoms. The molecule has 0 radical (unpaired) electrons. The van der Waals surface area contributed by atoms with Crippen LogP contribution in [0, 0.1) is 6.92 Å². The molecule has 1 atom stereocenters. The molecule has 3 rings (SSSR count). The lowest BCUT2D eigenvalue weighted by Gasteiger charge is -2.24. The first kappa shape index (κ1) is 18.9. The van der Waals surface area contributed by atoms with Crippen molar-refractivity contribution in [3.63, 3.8) is 0 Å². The summed E-state index contributed by atoms with van der Waals surface area (Å²) in [6.07, 6.45) is 7.67. The topological polar surface area (TPSA) is 47.4 Å². The molecule has 0 saturated carbocycles. The highest BCUT2D eigenvalue weighted by atomic mass is 79.9. The largest absolute Gasteiger partial charge is 0.466 e. The van der Waals surface area contributed by atoms with E-state index in [1.54, 1.807) is 6.08 Å². The van der Waals surface area contributed by atoms with Crippen LogP contribution in [-0.2, 0) is 16.1 Å². The Hall–Kier alpha value is -1.92. The van der Waals surface area contributed by atoms with Crippen molar-refractivity contribution in [1.82, 2.24) is 14.7 Å². The highest BCUT2D eigenvalue weighted by Crippen LogP contribution is 2.32. The molecule has 0 spiro atoms. The number of aromatic nitrogens is 2. The number of carbonyl (C=O) groups excluding carboxylic acids is 1. The molecule has 0 amide bonds. The van der Waals surface area contributed by atoms with E-state index >= 15 is 0 Å². The number of hydrogen-bond acceptors (Lipinski definition) is 4. The Balaban J connectivity index is 1.62. The van der Waals surface area contributed by atoms with Crippen molar-refractivity contribution in [2.45, 2.75) is 32.4 Å². The predicted molar refractivity (Wildman–Crippen MR) is 106 cm³/mol. The monoisotopic (exact) mass is 417 g/mol. The van der Waals surface area contributed by atoms with Crippen molar-refractivity contribution in [3.8, 4) is 0 Å². The normalized spacial score (nSPS) is 17.9. The van der Waals surface area contributed by atoms with Crippen LogP contribution in [0.3, 0.4) is 0 Å². The maximum Gasteiger partial charge on any atom is 0.330 e. The van der Waals surface area contributed by atoms with Crippen LogP contribution < -0.4 is 0 Å². The molecule has 1 saturated heterocycles. The molecule has 1 aliphatic heterocycles. The molecular weight excluding hydrogens is 394 g/mol. The number of nitrogens with zero attached hydrogens (tertiary/aromatic N) is 3. The van der Waals surface area contributed by atoms with Crippen molar-refractivity contribution in [1.29, 1.82) is 0 Å². The predicted octanol–water partition coefficient (Wildman–Crippen LogP) is 3.98. The number of ether oxygens (including phenoxy) is 1. The second kappa shape index (κ2) is 8.64. The van der Waals surface area contributed by atoms with Gasteiger partial charge in [0, 0.05) is 24.9 Å². The van der Waals surface area contributed by atoms with E-state index in [0.29, 0.717) is 6.04 Å². The standard InChI is InChI=1S/C20H24BrN3O2/c1-15-18(21)14-24(22-15)13-12-23-11-3-4-19(23)17-8-5-16(6-9-17)7-10-20(25)26-2/h5-10,14,19H,3-4,11-13H2,1-2H3/b10-7+. The third-order valence-corrected chi connectivity index (χ3v) is 5.58. The molecule has 0 N–H and O–H groups in total. The number of likely N-dealkylation sites (tertiary alicyclic amines) is 1. The van der Waals surface area contributed by atoms with Crippen LogP contribution in [0.25, 0.3) is 6.08 Å². The molecular formula is C20H24BrN3O2. The molecule has 2 aromatic rings. The van der Waals surface area contributed by atoms with E-state index in [4.69, 9.17) is 0 Å². The Bertz CT molecular complexity index is 763. The van der Waals surface area contributed by atoms with Gasteiger partial charge in [-0.1, -0.05) is 24.3 Å². The van der Waals surface area contributed by atoms with Crippen molar-refractivity contribution < 1.29 is 9.53 Å². The first-order valence-corrected chi connectivity index (χ1v) is 9.65. The SMILES string of the molecule is COC(=O)/C=C/c1ccc(C2CCCN2CCn2cc(Br)c(C)n2)cc1. The maximum absolute atomic E-state index is 11.2. The van der Waals surface area contributed by atoms with Gasteiger partial charge in [0.15, 0.2) is 0 Å². The molecule has 2 heterocycles. The van der Waals surface area contributed by atoms with Crippen LogP contribution in [0.15, 0.2) is 41.0 Å². The summed E-state index contributed by atoms with van der Waals surface area (Å²) in [5.41, 5.74) is 3.36. The van der Waals surface area contributed by atoms with Crippen LogP contribution in [0.5, 0.6) is 0 Å². The second-order valence-electron chi connectivity index (χ2n) is 6.54. The van der Waals surface area contributed by atoms with Gasteiger partial charge >= 0.3 is 5.97 Å². The molecule has 6 heteroatoms. The smallest absolute Gasteiger partial charge is 0.330 e. The van der Waals surface area contributed by atoms with Crippen LogP contribution in [0.2, 0.25) is 0 Å². The molecule has 1 aliphatic rings.